The SMILES string of the molecule is COc1cc2oc(=S)oc2cc1Cl. The number of hydrogen-bond donors (Lipinski definition) is 0. The molecule has 0 radical (unpaired) electrons. The van der Waals surface area contributed by atoms with Crippen molar-refractivity contribution in [3.8, 4) is 5.75 Å². The summed E-state index contributed by atoms with van der Waals surface area (Å²) in [6.07, 6.45) is 0. The summed E-state index contributed by atoms with van der Waals surface area (Å²) in [6.45, 7) is 0. The van der Waals surface area contributed by atoms with E-state index in [1.807, 2.05) is 0 Å². The van der Waals surface area contributed by atoms with Crippen LogP contribution in [-0.4, -0.2) is 7.11 Å². The topological polar surface area (TPSA) is 35.5 Å². The highest BCUT2D eigenvalue weighted by Gasteiger charge is 2.07. The Morgan fingerprint density at radius 2 is 1.92 bits per heavy atom. The molecule has 0 aliphatic rings. The first-order valence-corrected chi connectivity index (χ1v) is 4.26. The van der Waals surface area contributed by atoms with Crippen LogP contribution in [0.15, 0.2) is 21.0 Å². The Balaban J connectivity index is 2.80. The molecule has 68 valence electrons. The number of rotatable bonds is 1. The van der Waals surface area contributed by atoms with Gasteiger partial charge in [-0.2, -0.15) is 0 Å². The fourth-order valence-electron chi connectivity index (χ4n) is 1.03. The van der Waals surface area contributed by atoms with E-state index in [-0.39, 0.29) is 4.90 Å². The van der Waals surface area contributed by atoms with Crippen molar-refractivity contribution in [3.05, 3.63) is 22.1 Å². The lowest BCUT2D eigenvalue weighted by molar-refractivity contribution is 0.414. The lowest BCUT2D eigenvalue weighted by Crippen LogP contribution is -1.82. The van der Waals surface area contributed by atoms with E-state index in [1.165, 1.54) is 7.11 Å². The highest BCUT2D eigenvalue weighted by atomic mass is 35.5. The highest BCUT2D eigenvalue weighted by molar-refractivity contribution is 7.71. The van der Waals surface area contributed by atoms with Crippen molar-refractivity contribution < 1.29 is 13.6 Å². The summed E-state index contributed by atoms with van der Waals surface area (Å²) in [7, 11) is 1.53. The molecule has 0 atom stereocenters. The van der Waals surface area contributed by atoms with Crippen LogP contribution < -0.4 is 4.74 Å². The van der Waals surface area contributed by atoms with Crippen LogP contribution in [0.2, 0.25) is 5.02 Å². The summed E-state index contributed by atoms with van der Waals surface area (Å²) < 4.78 is 15.1. The van der Waals surface area contributed by atoms with Gasteiger partial charge in [0.2, 0.25) is 0 Å². The van der Waals surface area contributed by atoms with E-state index in [2.05, 4.69) is 0 Å². The van der Waals surface area contributed by atoms with Gasteiger partial charge in [-0.1, -0.05) is 11.6 Å². The van der Waals surface area contributed by atoms with Crippen LogP contribution in [0.1, 0.15) is 0 Å². The Bertz CT molecular complexity index is 500. The van der Waals surface area contributed by atoms with Crippen LogP contribution in [0.4, 0.5) is 0 Å². The molecule has 0 bridgehead atoms. The summed E-state index contributed by atoms with van der Waals surface area (Å²) in [5, 5.41) is 0.467. The van der Waals surface area contributed by atoms with Crippen LogP contribution in [0.25, 0.3) is 11.2 Å². The second-order valence-corrected chi connectivity index (χ2v) is 3.13. The van der Waals surface area contributed by atoms with E-state index in [9.17, 15) is 0 Å². The summed E-state index contributed by atoms with van der Waals surface area (Å²) >= 11 is 10.6. The van der Waals surface area contributed by atoms with Crippen LogP contribution in [0.3, 0.4) is 0 Å². The largest absolute Gasteiger partial charge is 0.495 e. The Labute approximate surface area is 83.9 Å². The van der Waals surface area contributed by atoms with Crippen LogP contribution >= 0.6 is 23.8 Å². The van der Waals surface area contributed by atoms with Crippen molar-refractivity contribution in [1.82, 2.24) is 0 Å². The van der Waals surface area contributed by atoms with Crippen molar-refractivity contribution in [2.75, 3.05) is 7.11 Å². The number of benzene rings is 1. The van der Waals surface area contributed by atoms with Crippen molar-refractivity contribution in [1.29, 1.82) is 0 Å². The first-order valence-electron chi connectivity index (χ1n) is 3.48. The summed E-state index contributed by atoms with van der Waals surface area (Å²) in [5.41, 5.74) is 1.06. The van der Waals surface area contributed by atoms with E-state index >= 15 is 0 Å². The van der Waals surface area contributed by atoms with Gasteiger partial charge in [0.25, 0.3) is 0 Å². The predicted molar refractivity (Wildman–Crippen MR) is 50.9 cm³/mol. The maximum absolute atomic E-state index is 5.85. The predicted octanol–water partition coefficient (Wildman–Crippen LogP) is 3.42. The summed E-state index contributed by atoms with van der Waals surface area (Å²) in [6, 6.07) is 3.24. The molecule has 0 unspecified atom stereocenters. The molecule has 0 aliphatic heterocycles. The third-order valence-corrected chi connectivity index (χ3v) is 2.07. The first kappa shape index (κ1) is 8.59. The minimum atomic E-state index is 0.0827. The van der Waals surface area contributed by atoms with Gasteiger partial charge >= 0.3 is 4.90 Å². The Hall–Kier alpha value is -1.00. The standard InChI is InChI=1S/C8H5ClO3S/c1-10-5-3-7-6(2-4(5)9)11-8(13)12-7/h2-3H,1H3. The van der Waals surface area contributed by atoms with E-state index < -0.39 is 0 Å². The molecule has 0 spiro atoms. The highest BCUT2D eigenvalue weighted by Crippen LogP contribution is 2.30. The van der Waals surface area contributed by atoms with Crippen LogP contribution in [-0.2, 0) is 0 Å². The number of fused-ring (bicyclic) bond motifs is 1. The molecule has 2 aromatic rings. The fourth-order valence-corrected chi connectivity index (χ4v) is 1.44. The third-order valence-electron chi connectivity index (χ3n) is 1.60. The second kappa shape index (κ2) is 3.05. The molecule has 0 saturated heterocycles. The van der Waals surface area contributed by atoms with Crippen LogP contribution in [0, 0.1) is 4.90 Å². The molecule has 13 heavy (non-hydrogen) atoms. The van der Waals surface area contributed by atoms with Gasteiger partial charge < -0.3 is 13.6 Å². The van der Waals surface area contributed by atoms with E-state index in [1.54, 1.807) is 12.1 Å². The van der Waals surface area contributed by atoms with Gasteiger partial charge in [-0.25, -0.2) is 0 Å². The molecule has 0 aliphatic carbocycles. The smallest absolute Gasteiger partial charge is 0.363 e. The minimum Gasteiger partial charge on any atom is -0.495 e. The zero-order valence-corrected chi connectivity index (χ0v) is 8.24. The molecule has 5 heteroatoms. The number of hydrogen-bond acceptors (Lipinski definition) is 4. The van der Waals surface area contributed by atoms with Crippen molar-refractivity contribution in [2.45, 2.75) is 0 Å². The number of ether oxygens (including phenoxy) is 1. The zero-order chi connectivity index (χ0) is 9.42. The summed E-state index contributed by atoms with van der Waals surface area (Å²) in [5.74, 6) is 0.536. The molecule has 1 heterocycles. The lowest BCUT2D eigenvalue weighted by Gasteiger charge is -1.99. The number of methoxy groups -OCH3 is 1. The fraction of sp³-hybridized carbons (Fsp3) is 0.125. The first-order chi connectivity index (χ1) is 6.20. The van der Waals surface area contributed by atoms with E-state index in [0.29, 0.717) is 21.9 Å². The number of halogens is 1. The molecular formula is C8H5ClO3S. The molecule has 0 saturated carbocycles. The van der Waals surface area contributed by atoms with Crippen molar-refractivity contribution in [3.63, 3.8) is 0 Å². The average molecular weight is 217 g/mol. The molecule has 0 fully saturated rings. The minimum absolute atomic E-state index is 0.0827. The molecular weight excluding hydrogens is 212 g/mol. The van der Waals surface area contributed by atoms with E-state index in [4.69, 9.17) is 37.4 Å². The van der Waals surface area contributed by atoms with Gasteiger partial charge in [0, 0.05) is 24.4 Å². The van der Waals surface area contributed by atoms with Gasteiger partial charge in [-0.3, -0.25) is 0 Å². The zero-order valence-electron chi connectivity index (χ0n) is 6.67. The lowest BCUT2D eigenvalue weighted by atomic mass is 10.3. The molecule has 2 rings (SSSR count). The van der Waals surface area contributed by atoms with Gasteiger partial charge in [-0.15, -0.1) is 0 Å². The Morgan fingerprint density at radius 1 is 1.31 bits per heavy atom. The third kappa shape index (κ3) is 1.43. The Kier molecular flexibility index (Phi) is 2.01. The molecule has 0 amide bonds. The van der Waals surface area contributed by atoms with E-state index in [0.717, 1.165) is 0 Å². The second-order valence-electron chi connectivity index (χ2n) is 2.39. The van der Waals surface area contributed by atoms with Crippen LogP contribution in [0.5, 0.6) is 5.75 Å². The Morgan fingerprint density at radius 3 is 2.54 bits per heavy atom. The molecule has 1 aromatic heterocycles. The van der Waals surface area contributed by atoms with Gasteiger partial charge in [0.05, 0.1) is 12.1 Å². The quantitative estimate of drug-likeness (QED) is 0.685. The maximum Gasteiger partial charge on any atom is 0.363 e. The van der Waals surface area contributed by atoms with Crippen molar-refractivity contribution in [2.24, 2.45) is 0 Å². The average Bonchev–Trinajstić information content (AvgIpc) is 2.42. The van der Waals surface area contributed by atoms with Crippen molar-refractivity contribution >= 4 is 35.0 Å². The maximum atomic E-state index is 5.85. The molecule has 3 nitrogen and oxygen atoms in total. The van der Waals surface area contributed by atoms with Gasteiger partial charge in [-0.05, 0) is 0 Å². The van der Waals surface area contributed by atoms with Gasteiger partial charge in [0.1, 0.15) is 5.75 Å². The normalized spacial score (nSPS) is 10.6. The molecule has 1 aromatic carbocycles. The monoisotopic (exact) mass is 216 g/mol. The van der Waals surface area contributed by atoms with Gasteiger partial charge in [0.15, 0.2) is 11.2 Å². The molecule has 0 N–H and O–H groups in total. The summed E-state index contributed by atoms with van der Waals surface area (Å²) in [4.78, 5) is 0.0827.